The summed E-state index contributed by atoms with van der Waals surface area (Å²) in [6.45, 7) is 4.78. The molecule has 0 saturated heterocycles. The summed E-state index contributed by atoms with van der Waals surface area (Å²) in [6.07, 6.45) is -3.27. The number of hydrogen-bond donors (Lipinski definition) is 1. The van der Waals surface area contributed by atoms with Crippen molar-refractivity contribution in [2.24, 2.45) is 0 Å². The molecule has 0 aliphatic heterocycles. The largest absolute Gasteiger partial charge is 0.478 e. The fourth-order valence-corrected chi connectivity index (χ4v) is 4.33. The van der Waals surface area contributed by atoms with Crippen LogP contribution in [0.1, 0.15) is 35.9 Å². The number of fused-ring (bicyclic) bond motifs is 1. The van der Waals surface area contributed by atoms with Crippen molar-refractivity contribution in [3.8, 4) is 16.3 Å². The Hall–Kier alpha value is -3.40. The highest BCUT2D eigenvalue weighted by Crippen LogP contribution is 2.33. The van der Waals surface area contributed by atoms with Gasteiger partial charge in [-0.1, -0.05) is 12.1 Å². The van der Waals surface area contributed by atoms with Crippen LogP contribution in [0.15, 0.2) is 46.9 Å². The zero-order valence-corrected chi connectivity index (χ0v) is 19.4. The Balaban J connectivity index is 1.47. The summed E-state index contributed by atoms with van der Waals surface area (Å²) in [7, 11) is 0. The molecule has 0 atom stereocenters. The molecule has 0 saturated carbocycles. The quantitative estimate of drug-likeness (QED) is 0.327. The Kier molecular flexibility index (Phi) is 6.11. The van der Waals surface area contributed by atoms with E-state index in [4.69, 9.17) is 9.15 Å². The number of alkyl halides is 3. The molecule has 10 heteroatoms. The maximum absolute atomic E-state index is 12.8. The van der Waals surface area contributed by atoms with Crippen LogP contribution < -0.4 is 4.74 Å². The number of carbonyl (C=O) groups is 1. The first-order valence-electron chi connectivity index (χ1n) is 10.4. The lowest BCUT2D eigenvalue weighted by Crippen LogP contribution is -2.37. The number of thiazole rings is 1. The first kappa shape index (κ1) is 23.7. The molecule has 178 valence electrons. The van der Waals surface area contributed by atoms with Gasteiger partial charge >= 0.3 is 12.1 Å². The summed E-state index contributed by atoms with van der Waals surface area (Å²) >= 11 is 1.43. The highest BCUT2D eigenvalue weighted by Gasteiger charge is 2.30. The maximum atomic E-state index is 12.8. The molecule has 0 spiro atoms. The van der Waals surface area contributed by atoms with E-state index in [1.165, 1.54) is 37.3 Å². The minimum Gasteiger partial charge on any atom is -0.478 e. The Morgan fingerprint density at radius 3 is 2.44 bits per heavy atom. The third kappa shape index (κ3) is 5.06. The van der Waals surface area contributed by atoms with Crippen LogP contribution in [0.4, 0.5) is 13.2 Å². The van der Waals surface area contributed by atoms with E-state index >= 15 is 0 Å². The van der Waals surface area contributed by atoms with E-state index in [9.17, 15) is 23.1 Å². The third-order valence-corrected chi connectivity index (χ3v) is 6.48. The van der Waals surface area contributed by atoms with Gasteiger partial charge in [0.25, 0.3) is 0 Å². The van der Waals surface area contributed by atoms with Crippen LogP contribution in [-0.4, -0.2) is 26.6 Å². The molecule has 6 nitrogen and oxygen atoms in total. The first-order valence-corrected chi connectivity index (χ1v) is 11.2. The molecule has 0 fully saturated rings. The van der Waals surface area contributed by atoms with E-state index in [0.717, 1.165) is 22.7 Å². The second-order valence-electron chi connectivity index (χ2n) is 8.26. The van der Waals surface area contributed by atoms with Gasteiger partial charge in [0.05, 0.1) is 11.3 Å². The predicted molar refractivity (Wildman–Crippen MR) is 121 cm³/mol. The summed E-state index contributed by atoms with van der Waals surface area (Å²) in [6, 6.07) is 9.92. The van der Waals surface area contributed by atoms with Gasteiger partial charge in [-0.25, -0.2) is 14.8 Å². The summed E-state index contributed by atoms with van der Waals surface area (Å²) in [4.78, 5) is 21.2. The van der Waals surface area contributed by atoms with Gasteiger partial charge in [0.1, 0.15) is 16.3 Å². The number of aryl methyl sites for hydroxylation is 3. The molecule has 0 bridgehead atoms. The van der Waals surface area contributed by atoms with E-state index in [1.807, 2.05) is 6.92 Å². The van der Waals surface area contributed by atoms with Crippen LogP contribution in [0.2, 0.25) is 0 Å². The van der Waals surface area contributed by atoms with Crippen LogP contribution in [0, 0.1) is 6.92 Å². The first-order chi connectivity index (χ1) is 15.9. The summed E-state index contributed by atoms with van der Waals surface area (Å²) < 4.78 is 49.8. The zero-order valence-electron chi connectivity index (χ0n) is 18.6. The van der Waals surface area contributed by atoms with Crippen molar-refractivity contribution in [3.63, 3.8) is 0 Å². The van der Waals surface area contributed by atoms with Crippen molar-refractivity contribution < 1.29 is 32.2 Å². The zero-order chi connectivity index (χ0) is 24.7. The Bertz CT molecular complexity index is 1340. The molecular formula is C24H21F3N2O4S. The number of oxazole rings is 1. The van der Waals surface area contributed by atoms with Gasteiger partial charge < -0.3 is 14.3 Å². The fourth-order valence-electron chi connectivity index (χ4n) is 3.27. The van der Waals surface area contributed by atoms with Crippen molar-refractivity contribution in [2.75, 3.05) is 0 Å². The van der Waals surface area contributed by atoms with Crippen LogP contribution in [0.5, 0.6) is 5.75 Å². The summed E-state index contributed by atoms with van der Waals surface area (Å²) in [5.74, 6) is -0.211. The Morgan fingerprint density at radius 1 is 1.09 bits per heavy atom. The lowest BCUT2D eigenvalue weighted by Gasteiger charge is -2.21. The lowest BCUT2D eigenvalue weighted by atomic mass is 10.1. The van der Waals surface area contributed by atoms with Crippen molar-refractivity contribution >= 4 is 28.4 Å². The molecule has 1 N–H and O–H groups in total. The van der Waals surface area contributed by atoms with Crippen LogP contribution in [-0.2, 0) is 23.8 Å². The molecule has 4 rings (SSSR count). The van der Waals surface area contributed by atoms with Gasteiger partial charge in [-0.2, -0.15) is 13.2 Å². The minimum atomic E-state index is -4.37. The van der Waals surface area contributed by atoms with Crippen LogP contribution >= 0.6 is 11.3 Å². The number of halogens is 3. The molecular weight excluding hydrogens is 469 g/mol. The second kappa shape index (κ2) is 8.75. The van der Waals surface area contributed by atoms with Crippen molar-refractivity contribution in [1.82, 2.24) is 9.97 Å². The van der Waals surface area contributed by atoms with Gasteiger partial charge in [-0.05, 0) is 51.5 Å². The number of carboxylic acids is 1. The average molecular weight is 491 g/mol. The topological polar surface area (TPSA) is 85.5 Å². The van der Waals surface area contributed by atoms with E-state index in [-0.39, 0.29) is 0 Å². The molecule has 2 heterocycles. The van der Waals surface area contributed by atoms with Gasteiger partial charge in [-0.3, -0.25) is 0 Å². The molecule has 0 radical (unpaired) electrons. The van der Waals surface area contributed by atoms with E-state index < -0.39 is 23.3 Å². The van der Waals surface area contributed by atoms with Crippen LogP contribution in [0.3, 0.4) is 0 Å². The van der Waals surface area contributed by atoms with E-state index in [2.05, 4.69) is 9.97 Å². The van der Waals surface area contributed by atoms with E-state index in [0.29, 0.717) is 46.2 Å². The van der Waals surface area contributed by atoms with Gasteiger partial charge in [0.15, 0.2) is 17.1 Å². The summed E-state index contributed by atoms with van der Waals surface area (Å²) in [5.41, 5.74) is 0.474. The van der Waals surface area contributed by atoms with Gasteiger partial charge in [-0.15, -0.1) is 11.3 Å². The number of hydrogen-bond acceptors (Lipinski definition) is 6. The standard InChI is InChI=1S/C24H21F3N2O4S/c1-13-19(34-21(28-13)14-4-6-15(7-5-14)24(25,26)27)10-11-20-29-17-9-8-16(12-18(17)32-20)33-23(2,3)22(30)31/h4-9,12H,10-11H2,1-3H3,(H,30,31). The number of carboxylic acid groups (broad SMARTS) is 1. The van der Waals surface area contributed by atoms with Crippen LogP contribution in [0.25, 0.3) is 21.7 Å². The highest BCUT2D eigenvalue weighted by molar-refractivity contribution is 7.15. The number of rotatable bonds is 7. The third-order valence-electron chi connectivity index (χ3n) is 5.21. The minimum absolute atomic E-state index is 0.363. The number of nitrogens with zero attached hydrogens (tertiary/aromatic N) is 2. The van der Waals surface area contributed by atoms with Crippen molar-refractivity contribution in [1.29, 1.82) is 0 Å². The predicted octanol–water partition coefficient (Wildman–Crippen LogP) is 6.31. The smallest absolute Gasteiger partial charge is 0.416 e. The van der Waals surface area contributed by atoms with Gasteiger partial charge in [0.2, 0.25) is 0 Å². The average Bonchev–Trinajstić information content (AvgIpc) is 3.33. The number of benzene rings is 2. The summed E-state index contributed by atoms with van der Waals surface area (Å²) in [5, 5.41) is 9.88. The SMILES string of the molecule is Cc1nc(-c2ccc(C(F)(F)F)cc2)sc1CCc1nc2ccc(OC(C)(C)C(=O)O)cc2o1. The highest BCUT2D eigenvalue weighted by atomic mass is 32.1. The second-order valence-corrected chi connectivity index (χ2v) is 9.34. The molecule has 0 amide bonds. The van der Waals surface area contributed by atoms with Crippen molar-refractivity contribution in [3.05, 3.63) is 64.5 Å². The molecule has 2 aromatic carbocycles. The monoisotopic (exact) mass is 490 g/mol. The Labute approximate surface area is 197 Å². The molecule has 0 unspecified atom stereocenters. The van der Waals surface area contributed by atoms with Crippen molar-refractivity contribution in [2.45, 2.75) is 45.4 Å². The number of aromatic nitrogens is 2. The Morgan fingerprint density at radius 2 is 1.79 bits per heavy atom. The molecule has 4 aromatic rings. The molecule has 34 heavy (non-hydrogen) atoms. The fraction of sp³-hybridized carbons (Fsp3) is 0.292. The number of ether oxygens (including phenoxy) is 1. The molecule has 2 aromatic heterocycles. The normalized spacial score (nSPS) is 12.3. The number of aliphatic carboxylic acids is 1. The van der Waals surface area contributed by atoms with Gasteiger partial charge in [0, 0.05) is 22.9 Å². The van der Waals surface area contributed by atoms with E-state index in [1.54, 1.807) is 18.2 Å². The molecule has 0 aliphatic carbocycles. The molecule has 0 aliphatic rings. The maximum Gasteiger partial charge on any atom is 0.416 e. The lowest BCUT2D eigenvalue weighted by molar-refractivity contribution is -0.152.